The Bertz CT molecular complexity index is 1200. The lowest BCUT2D eigenvalue weighted by molar-refractivity contribution is -0.113. The molecule has 2 amide bonds. The predicted molar refractivity (Wildman–Crippen MR) is 136 cm³/mol. The van der Waals surface area contributed by atoms with Gasteiger partial charge in [-0.3, -0.25) is 14.3 Å². The normalized spacial score (nSPS) is 17.6. The standard InChI is InChI=1S/C25H36N4O5S/c1-6-9-10-11-20-22(26-21(30)15-35(5,32)33)23-24(31)27-25(4,16-29(23)28-20)19-13-12-18(34-8-3)14-17(19)7-2/h12-14H,6-11,15-16H2,1-5H3,(H,26,30)(H,27,31)/t25-/m1/s1. The van der Waals surface area contributed by atoms with Crippen LogP contribution in [0, 0.1) is 0 Å². The number of nitrogens with zero attached hydrogens (tertiary/aromatic N) is 2. The van der Waals surface area contributed by atoms with Gasteiger partial charge in [-0.25, -0.2) is 8.42 Å². The summed E-state index contributed by atoms with van der Waals surface area (Å²) in [6.07, 6.45) is 5.19. The zero-order chi connectivity index (χ0) is 25.8. The Morgan fingerprint density at radius 1 is 1.26 bits per heavy atom. The minimum Gasteiger partial charge on any atom is -0.494 e. The molecule has 10 heteroatoms. The molecule has 0 saturated carbocycles. The van der Waals surface area contributed by atoms with E-state index in [4.69, 9.17) is 9.84 Å². The SMILES string of the molecule is CCCCCc1nn2c(c1NC(=O)CS(C)(=O)=O)C(=O)N[C@@](C)(c1ccc(OCC)cc1CC)C2. The van der Waals surface area contributed by atoms with Crippen LogP contribution in [0.5, 0.6) is 5.75 Å². The Morgan fingerprint density at radius 3 is 2.63 bits per heavy atom. The summed E-state index contributed by atoms with van der Waals surface area (Å²) in [5.41, 5.74) is 2.47. The molecule has 2 N–H and O–H groups in total. The molecule has 2 aromatic rings. The van der Waals surface area contributed by atoms with E-state index in [-0.39, 0.29) is 11.6 Å². The number of ether oxygens (including phenoxy) is 1. The molecule has 0 unspecified atom stereocenters. The molecule has 3 rings (SSSR count). The number of rotatable bonds is 11. The van der Waals surface area contributed by atoms with E-state index in [9.17, 15) is 18.0 Å². The van der Waals surface area contributed by atoms with Gasteiger partial charge < -0.3 is 15.4 Å². The maximum absolute atomic E-state index is 13.4. The number of fused-ring (bicyclic) bond motifs is 1. The van der Waals surface area contributed by atoms with Crippen LogP contribution >= 0.6 is 0 Å². The molecule has 1 aromatic carbocycles. The lowest BCUT2D eigenvalue weighted by Gasteiger charge is -2.37. The number of amides is 2. The number of nitrogens with one attached hydrogen (secondary N) is 2. The summed E-state index contributed by atoms with van der Waals surface area (Å²) >= 11 is 0. The molecule has 1 atom stereocenters. The average Bonchev–Trinajstić information content (AvgIpc) is 3.09. The molecule has 0 spiro atoms. The van der Waals surface area contributed by atoms with E-state index in [1.807, 2.05) is 32.0 Å². The van der Waals surface area contributed by atoms with E-state index < -0.39 is 27.0 Å². The van der Waals surface area contributed by atoms with Crippen LogP contribution in [-0.2, 0) is 39.6 Å². The van der Waals surface area contributed by atoms with Crippen LogP contribution in [0.4, 0.5) is 5.69 Å². The largest absolute Gasteiger partial charge is 0.494 e. The molecule has 1 aromatic heterocycles. The van der Waals surface area contributed by atoms with Gasteiger partial charge in [0.05, 0.1) is 30.1 Å². The fourth-order valence-corrected chi connectivity index (χ4v) is 5.13. The molecule has 35 heavy (non-hydrogen) atoms. The summed E-state index contributed by atoms with van der Waals surface area (Å²) in [7, 11) is -3.52. The molecule has 192 valence electrons. The lowest BCUT2D eigenvalue weighted by Crippen LogP contribution is -2.52. The molecular weight excluding hydrogens is 468 g/mol. The van der Waals surface area contributed by atoms with Gasteiger partial charge in [0.2, 0.25) is 5.91 Å². The highest BCUT2D eigenvalue weighted by molar-refractivity contribution is 7.91. The maximum Gasteiger partial charge on any atom is 0.272 e. The number of unbranched alkanes of at least 4 members (excludes halogenated alkanes) is 2. The molecule has 2 heterocycles. The van der Waals surface area contributed by atoms with Gasteiger partial charge in [-0.2, -0.15) is 5.10 Å². The van der Waals surface area contributed by atoms with Crippen molar-refractivity contribution in [3.05, 3.63) is 40.7 Å². The number of carbonyl (C=O) groups is 2. The molecule has 1 aliphatic heterocycles. The Kier molecular flexibility index (Phi) is 8.25. The van der Waals surface area contributed by atoms with Crippen LogP contribution in [0.2, 0.25) is 0 Å². The zero-order valence-electron chi connectivity index (χ0n) is 21.2. The third-order valence-electron chi connectivity index (χ3n) is 6.13. The first kappa shape index (κ1) is 26.7. The van der Waals surface area contributed by atoms with Crippen LogP contribution in [0.1, 0.15) is 74.3 Å². The molecule has 0 aliphatic carbocycles. The topological polar surface area (TPSA) is 119 Å². The Labute approximate surface area is 207 Å². The van der Waals surface area contributed by atoms with Gasteiger partial charge in [-0.15, -0.1) is 0 Å². The second-order valence-corrected chi connectivity index (χ2v) is 11.4. The van der Waals surface area contributed by atoms with Crippen LogP contribution in [-0.4, -0.2) is 48.6 Å². The van der Waals surface area contributed by atoms with E-state index in [2.05, 4.69) is 24.5 Å². The minimum atomic E-state index is -3.52. The van der Waals surface area contributed by atoms with Crippen molar-refractivity contribution in [3.63, 3.8) is 0 Å². The number of benzene rings is 1. The van der Waals surface area contributed by atoms with Crippen molar-refractivity contribution < 1.29 is 22.7 Å². The third kappa shape index (κ3) is 6.22. The van der Waals surface area contributed by atoms with Crippen LogP contribution in [0.25, 0.3) is 0 Å². The zero-order valence-corrected chi connectivity index (χ0v) is 22.0. The second kappa shape index (κ2) is 10.8. The summed E-state index contributed by atoms with van der Waals surface area (Å²) in [5, 5.41) is 10.5. The Hall–Kier alpha value is -2.88. The first-order valence-electron chi connectivity index (χ1n) is 12.2. The monoisotopic (exact) mass is 504 g/mol. The van der Waals surface area contributed by atoms with Crippen molar-refractivity contribution in [3.8, 4) is 5.75 Å². The number of anilines is 1. The number of sulfone groups is 1. The molecule has 1 aliphatic rings. The number of aryl methyl sites for hydroxylation is 2. The number of hydrogen-bond acceptors (Lipinski definition) is 6. The first-order chi connectivity index (χ1) is 16.5. The van der Waals surface area contributed by atoms with Gasteiger partial charge in [-0.1, -0.05) is 32.8 Å². The fourth-order valence-electron chi connectivity index (χ4n) is 4.58. The molecule has 0 bridgehead atoms. The maximum atomic E-state index is 13.4. The number of carbonyl (C=O) groups excluding carboxylic acids is 2. The van der Waals surface area contributed by atoms with Crippen molar-refractivity contribution in [1.29, 1.82) is 0 Å². The molecule has 0 fully saturated rings. The van der Waals surface area contributed by atoms with Gasteiger partial charge in [0.15, 0.2) is 9.84 Å². The van der Waals surface area contributed by atoms with E-state index in [0.29, 0.717) is 31.0 Å². The van der Waals surface area contributed by atoms with E-state index in [1.165, 1.54) is 0 Å². The first-order valence-corrected chi connectivity index (χ1v) is 14.2. The van der Waals surface area contributed by atoms with Gasteiger partial charge in [0.1, 0.15) is 17.2 Å². The molecule has 0 saturated heterocycles. The van der Waals surface area contributed by atoms with Gasteiger partial charge in [-0.05, 0) is 56.4 Å². The second-order valence-electron chi connectivity index (χ2n) is 9.30. The Balaban J connectivity index is 2.01. The number of aromatic nitrogens is 2. The quantitative estimate of drug-likeness (QED) is 0.454. The fraction of sp³-hybridized carbons (Fsp3) is 0.560. The number of hydrogen-bond donors (Lipinski definition) is 2. The van der Waals surface area contributed by atoms with Gasteiger partial charge in [0.25, 0.3) is 5.91 Å². The summed E-state index contributed by atoms with van der Waals surface area (Å²) in [6.45, 7) is 8.99. The highest BCUT2D eigenvalue weighted by Crippen LogP contribution is 2.35. The van der Waals surface area contributed by atoms with E-state index in [0.717, 1.165) is 48.8 Å². The van der Waals surface area contributed by atoms with Gasteiger partial charge in [0, 0.05) is 6.26 Å². The van der Waals surface area contributed by atoms with Crippen LogP contribution in [0.3, 0.4) is 0 Å². The highest BCUT2D eigenvalue weighted by Gasteiger charge is 2.40. The lowest BCUT2D eigenvalue weighted by atomic mass is 9.85. The summed E-state index contributed by atoms with van der Waals surface area (Å²) in [4.78, 5) is 25.9. The van der Waals surface area contributed by atoms with Crippen molar-refractivity contribution in [2.24, 2.45) is 0 Å². The molecule has 0 radical (unpaired) electrons. The van der Waals surface area contributed by atoms with E-state index >= 15 is 0 Å². The average molecular weight is 505 g/mol. The molecular formula is C25H36N4O5S. The Morgan fingerprint density at radius 2 is 2.00 bits per heavy atom. The van der Waals surface area contributed by atoms with Crippen LogP contribution in [0.15, 0.2) is 18.2 Å². The van der Waals surface area contributed by atoms with Gasteiger partial charge >= 0.3 is 0 Å². The summed E-state index contributed by atoms with van der Waals surface area (Å²) < 4.78 is 30.5. The molecule has 9 nitrogen and oxygen atoms in total. The van der Waals surface area contributed by atoms with Crippen LogP contribution < -0.4 is 15.4 Å². The third-order valence-corrected chi connectivity index (χ3v) is 6.92. The minimum absolute atomic E-state index is 0.250. The summed E-state index contributed by atoms with van der Waals surface area (Å²) in [5.74, 6) is -0.913. The predicted octanol–water partition coefficient (Wildman–Crippen LogP) is 3.22. The smallest absolute Gasteiger partial charge is 0.272 e. The van der Waals surface area contributed by atoms with Crippen molar-refractivity contribution >= 4 is 27.3 Å². The van der Waals surface area contributed by atoms with Crippen molar-refractivity contribution in [2.45, 2.75) is 71.9 Å². The van der Waals surface area contributed by atoms with E-state index in [1.54, 1.807) is 4.68 Å². The highest BCUT2D eigenvalue weighted by atomic mass is 32.2. The van der Waals surface area contributed by atoms with Crippen molar-refractivity contribution in [1.82, 2.24) is 15.1 Å². The summed E-state index contributed by atoms with van der Waals surface area (Å²) in [6, 6.07) is 5.89. The van der Waals surface area contributed by atoms with Crippen molar-refractivity contribution in [2.75, 3.05) is 23.9 Å².